The molecule has 8 nitrogen and oxygen atoms in total. The molecule has 2 aliphatic heterocycles. The summed E-state index contributed by atoms with van der Waals surface area (Å²) < 4.78 is 45.7. The van der Waals surface area contributed by atoms with Crippen LogP contribution < -0.4 is 15.5 Å². The van der Waals surface area contributed by atoms with E-state index in [0.717, 1.165) is 50.3 Å². The van der Waals surface area contributed by atoms with Crippen molar-refractivity contribution >= 4 is 34.9 Å². The van der Waals surface area contributed by atoms with Gasteiger partial charge < -0.3 is 14.6 Å². The molecule has 1 aromatic carbocycles. The lowest BCUT2D eigenvalue weighted by atomic mass is 9.97. The molecule has 12 heteroatoms. The van der Waals surface area contributed by atoms with Gasteiger partial charge in [-0.05, 0) is 67.4 Å². The summed E-state index contributed by atoms with van der Waals surface area (Å²) in [4.78, 5) is 34.4. The van der Waals surface area contributed by atoms with Gasteiger partial charge >= 0.3 is 6.18 Å². The number of halogens is 3. The molecule has 0 aliphatic carbocycles. The molecular formula is C28H30F3N5O3S. The summed E-state index contributed by atoms with van der Waals surface area (Å²) in [5.74, 6) is 1.33. The number of hydrogen-bond acceptors (Lipinski definition) is 8. The van der Waals surface area contributed by atoms with E-state index in [-0.39, 0.29) is 11.3 Å². The fourth-order valence-corrected chi connectivity index (χ4v) is 5.12. The van der Waals surface area contributed by atoms with Crippen LogP contribution in [0.15, 0.2) is 58.0 Å². The molecule has 2 fully saturated rings. The minimum Gasteiger partial charge on any atom is -0.460 e. The Balaban J connectivity index is 0.00000181. The van der Waals surface area contributed by atoms with Crippen molar-refractivity contribution in [1.82, 2.24) is 20.6 Å². The SMILES string of the molecule is CC.O=C1NC(=O)/C(=C/c2ccnc(N3CCC(CNCc4ccc(-c5ccccc5C(F)(F)F)o4)CC3)n2)S1. The van der Waals surface area contributed by atoms with E-state index in [4.69, 9.17) is 4.42 Å². The van der Waals surface area contributed by atoms with Crippen molar-refractivity contribution in [1.29, 1.82) is 0 Å². The summed E-state index contributed by atoms with van der Waals surface area (Å²) in [6.45, 7) is 6.69. The molecule has 2 aliphatic rings. The van der Waals surface area contributed by atoms with Gasteiger partial charge in [-0.3, -0.25) is 14.9 Å². The molecule has 0 radical (unpaired) electrons. The van der Waals surface area contributed by atoms with E-state index >= 15 is 0 Å². The molecule has 3 aromatic rings. The second-order valence-electron chi connectivity index (χ2n) is 9.00. The van der Waals surface area contributed by atoms with Gasteiger partial charge in [0.15, 0.2) is 0 Å². The van der Waals surface area contributed by atoms with Gasteiger partial charge in [-0.1, -0.05) is 32.0 Å². The predicted octanol–water partition coefficient (Wildman–Crippen LogP) is 6.11. The summed E-state index contributed by atoms with van der Waals surface area (Å²) in [6, 6.07) is 10.3. The van der Waals surface area contributed by atoms with Crippen LogP contribution in [0.4, 0.5) is 23.9 Å². The van der Waals surface area contributed by atoms with Crippen molar-refractivity contribution in [2.45, 2.75) is 39.4 Å². The molecule has 5 rings (SSSR count). The molecule has 0 spiro atoms. The Labute approximate surface area is 234 Å². The average molecular weight is 574 g/mol. The number of piperidine rings is 1. The maximum Gasteiger partial charge on any atom is 0.417 e. The first-order valence-corrected chi connectivity index (χ1v) is 13.9. The first-order chi connectivity index (χ1) is 19.3. The summed E-state index contributed by atoms with van der Waals surface area (Å²) in [5.41, 5.74) is -0.133. The van der Waals surface area contributed by atoms with Gasteiger partial charge in [0.1, 0.15) is 11.5 Å². The minimum absolute atomic E-state index is 0.0276. The Morgan fingerprint density at radius 1 is 1.12 bits per heavy atom. The van der Waals surface area contributed by atoms with Crippen LogP contribution in [0.1, 0.15) is 43.7 Å². The number of alkyl halides is 3. The quantitative estimate of drug-likeness (QED) is 0.327. The molecule has 212 valence electrons. The average Bonchev–Trinajstić information content (AvgIpc) is 3.55. The molecule has 0 saturated carbocycles. The van der Waals surface area contributed by atoms with Crippen LogP contribution >= 0.6 is 11.8 Å². The Morgan fingerprint density at radius 2 is 1.88 bits per heavy atom. The molecule has 2 aromatic heterocycles. The molecule has 0 atom stereocenters. The molecule has 2 amide bonds. The highest BCUT2D eigenvalue weighted by Crippen LogP contribution is 2.37. The predicted molar refractivity (Wildman–Crippen MR) is 148 cm³/mol. The van der Waals surface area contributed by atoms with Gasteiger partial charge in [0.2, 0.25) is 5.95 Å². The van der Waals surface area contributed by atoms with E-state index in [1.54, 1.807) is 36.5 Å². The molecule has 40 heavy (non-hydrogen) atoms. The van der Waals surface area contributed by atoms with Crippen LogP contribution in [0.25, 0.3) is 17.4 Å². The number of nitrogens with one attached hydrogen (secondary N) is 2. The molecular weight excluding hydrogens is 543 g/mol. The van der Waals surface area contributed by atoms with E-state index in [1.165, 1.54) is 12.1 Å². The topological polar surface area (TPSA) is 100 Å². The van der Waals surface area contributed by atoms with Crippen molar-refractivity contribution in [3.8, 4) is 11.3 Å². The second-order valence-corrected chi connectivity index (χ2v) is 10.0. The highest BCUT2D eigenvalue weighted by Gasteiger charge is 2.34. The zero-order valence-electron chi connectivity index (χ0n) is 22.1. The van der Waals surface area contributed by atoms with Crippen molar-refractivity contribution < 1.29 is 27.2 Å². The monoisotopic (exact) mass is 573 g/mol. The number of imide groups is 1. The van der Waals surface area contributed by atoms with E-state index in [0.29, 0.717) is 34.8 Å². The third-order valence-electron chi connectivity index (χ3n) is 6.37. The number of rotatable bonds is 7. The number of aromatic nitrogens is 2. The maximum atomic E-state index is 13.3. The van der Waals surface area contributed by atoms with Gasteiger partial charge in [0, 0.05) is 24.8 Å². The first kappa shape index (κ1) is 29.3. The van der Waals surface area contributed by atoms with Crippen molar-refractivity contribution in [3.05, 3.63) is 70.6 Å². The zero-order valence-corrected chi connectivity index (χ0v) is 22.9. The number of anilines is 1. The van der Waals surface area contributed by atoms with Crippen LogP contribution in [0.3, 0.4) is 0 Å². The van der Waals surface area contributed by atoms with Crippen molar-refractivity contribution in [2.24, 2.45) is 5.92 Å². The molecule has 2 saturated heterocycles. The summed E-state index contributed by atoms with van der Waals surface area (Å²) >= 11 is 0.847. The number of benzene rings is 1. The molecule has 0 bridgehead atoms. The largest absolute Gasteiger partial charge is 0.460 e. The van der Waals surface area contributed by atoms with Gasteiger partial charge in [0.05, 0.1) is 22.7 Å². The van der Waals surface area contributed by atoms with Crippen LogP contribution in [0.5, 0.6) is 0 Å². The minimum atomic E-state index is -4.45. The third-order valence-corrected chi connectivity index (χ3v) is 7.19. The Kier molecular flexibility index (Phi) is 9.64. The summed E-state index contributed by atoms with van der Waals surface area (Å²) in [5, 5.41) is 5.18. The van der Waals surface area contributed by atoms with E-state index < -0.39 is 22.9 Å². The fourth-order valence-electron chi connectivity index (χ4n) is 4.45. The lowest BCUT2D eigenvalue weighted by Crippen LogP contribution is -2.38. The van der Waals surface area contributed by atoms with Gasteiger partial charge in [-0.2, -0.15) is 13.2 Å². The smallest absolute Gasteiger partial charge is 0.417 e. The van der Waals surface area contributed by atoms with E-state index in [2.05, 4.69) is 25.5 Å². The molecule has 2 N–H and O–H groups in total. The standard InChI is InChI=1S/C26H24F3N5O3S.C2H6/c27-26(28,29)20-4-2-1-3-19(20)21-6-5-18(37-21)15-30-14-16-8-11-34(12-9-16)24-31-10-7-17(32-24)13-22-23(35)33-25(36)38-22;1-2/h1-7,10,13,16,30H,8-9,11-12,14-15H2,(H,33,35,36);1-2H3/b22-13-;. The number of thioether (sulfide) groups is 1. The van der Waals surface area contributed by atoms with Crippen LogP contribution in [0, 0.1) is 5.92 Å². The Hall–Kier alpha value is -3.64. The van der Waals surface area contributed by atoms with Crippen molar-refractivity contribution in [3.63, 3.8) is 0 Å². The number of carbonyl (C=O) groups is 2. The van der Waals surface area contributed by atoms with Gasteiger partial charge in [-0.15, -0.1) is 0 Å². The first-order valence-electron chi connectivity index (χ1n) is 13.0. The number of amides is 2. The van der Waals surface area contributed by atoms with Crippen LogP contribution in [-0.2, 0) is 17.5 Å². The number of hydrogen-bond donors (Lipinski definition) is 2. The van der Waals surface area contributed by atoms with Crippen LogP contribution in [0.2, 0.25) is 0 Å². The van der Waals surface area contributed by atoms with Gasteiger partial charge in [-0.25, -0.2) is 9.97 Å². The van der Waals surface area contributed by atoms with Gasteiger partial charge in [0.25, 0.3) is 11.1 Å². The summed E-state index contributed by atoms with van der Waals surface area (Å²) in [7, 11) is 0. The van der Waals surface area contributed by atoms with E-state index in [9.17, 15) is 22.8 Å². The molecule has 0 unspecified atom stereocenters. The summed E-state index contributed by atoms with van der Waals surface area (Å²) in [6.07, 6.45) is 0.584. The highest BCUT2D eigenvalue weighted by atomic mass is 32.2. The second kappa shape index (κ2) is 13.1. The highest BCUT2D eigenvalue weighted by molar-refractivity contribution is 8.18. The third kappa shape index (κ3) is 7.30. The lowest BCUT2D eigenvalue weighted by molar-refractivity contribution is -0.137. The molecule has 4 heterocycles. The normalized spacial score (nSPS) is 17.1. The number of furan rings is 1. The lowest BCUT2D eigenvalue weighted by Gasteiger charge is -2.32. The zero-order chi connectivity index (χ0) is 28.7. The van der Waals surface area contributed by atoms with E-state index in [1.807, 2.05) is 13.8 Å². The van der Waals surface area contributed by atoms with Crippen molar-refractivity contribution in [2.75, 3.05) is 24.5 Å². The fraction of sp³-hybridized carbons (Fsp3) is 0.357. The number of nitrogens with zero attached hydrogens (tertiary/aromatic N) is 3. The Bertz CT molecular complexity index is 1370. The van der Waals surface area contributed by atoms with Crippen LogP contribution in [-0.4, -0.2) is 40.7 Å². The maximum absolute atomic E-state index is 13.3. The Morgan fingerprint density at radius 3 is 2.58 bits per heavy atom. The number of carbonyl (C=O) groups excluding carboxylic acids is 2.